The number of hydrogen-bond acceptors (Lipinski definition) is 1. The molecule has 0 bridgehead atoms. The van der Waals surface area contributed by atoms with Gasteiger partial charge in [0.2, 0.25) is 0 Å². The SMILES string of the molecule is CC1(C)c2ccccc2-c2c(N(C3=CC=C4c5ccccc5C(c5ccccc5)(c5ccccc5)C4C3)c3cccc4c3-c3ccccc3C43c4ccccc4-c4ccccc4-c4ccccc43)cccc21. The summed E-state index contributed by atoms with van der Waals surface area (Å²) in [4.78, 5) is 2.71. The lowest BCUT2D eigenvalue weighted by molar-refractivity contribution is 0.473. The second kappa shape index (κ2) is 15.2. The maximum atomic E-state index is 2.71. The number of hydrogen-bond donors (Lipinski definition) is 0. The molecule has 15 rings (SSSR count). The Labute approximate surface area is 422 Å². The van der Waals surface area contributed by atoms with E-state index in [0.717, 1.165) is 6.42 Å². The molecule has 0 N–H and O–H groups in total. The predicted octanol–water partition coefficient (Wildman–Crippen LogP) is 17.5. The molecule has 10 aromatic carbocycles. The first-order chi connectivity index (χ1) is 35.5. The summed E-state index contributed by atoms with van der Waals surface area (Å²) in [6.07, 6.45) is 5.77. The highest BCUT2D eigenvalue weighted by Crippen LogP contribution is 2.66. The third-order valence-electron chi connectivity index (χ3n) is 17.5. The Kier molecular flexibility index (Phi) is 8.74. The molecule has 0 aliphatic heterocycles. The van der Waals surface area contributed by atoms with Crippen LogP contribution in [0.1, 0.15) is 75.9 Å². The Hall–Kier alpha value is -8.52. The molecule has 5 aliphatic carbocycles. The Morgan fingerprint density at radius 3 is 1.31 bits per heavy atom. The summed E-state index contributed by atoms with van der Waals surface area (Å²) in [6.45, 7) is 4.81. The summed E-state index contributed by atoms with van der Waals surface area (Å²) in [5.74, 6) is 0.109. The topological polar surface area (TPSA) is 3.24 Å². The molecule has 1 nitrogen and oxygen atoms in total. The van der Waals surface area contributed by atoms with Gasteiger partial charge in [-0.05, 0) is 119 Å². The van der Waals surface area contributed by atoms with Gasteiger partial charge in [0.05, 0.1) is 22.2 Å². The number of benzene rings is 10. The van der Waals surface area contributed by atoms with Crippen molar-refractivity contribution in [2.24, 2.45) is 5.92 Å². The van der Waals surface area contributed by atoms with Gasteiger partial charge in [0.15, 0.2) is 0 Å². The molecule has 0 radical (unpaired) electrons. The van der Waals surface area contributed by atoms with Crippen molar-refractivity contribution in [1.29, 1.82) is 0 Å². The zero-order valence-electron chi connectivity index (χ0n) is 40.5. The van der Waals surface area contributed by atoms with Gasteiger partial charge in [0.1, 0.15) is 0 Å². The minimum atomic E-state index is -0.607. The fourth-order valence-corrected chi connectivity index (χ4v) is 14.7. The van der Waals surface area contributed by atoms with Crippen LogP contribution in [-0.4, -0.2) is 0 Å². The Morgan fingerprint density at radius 2 is 0.736 bits per heavy atom. The lowest BCUT2D eigenvalue weighted by Gasteiger charge is -2.42. The first kappa shape index (κ1) is 41.3. The van der Waals surface area contributed by atoms with E-state index in [-0.39, 0.29) is 11.3 Å². The van der Waals surface area contributed by atoms with Crippen molar-refractivity contribution in [2.45, 2.75) is 36.5 Å². The maximum Gasteiger partial charge on any atom is 0.0726 e. The summed E-state index contributed by atoms with van der Waals surface area (Å²) in [5.41, 5.74) is 27.6. The van der Waals surface area contributed by atoms with Crippen LogP contribution in [0.5, 0.6) is 0 Å². The first-order valence-corrected chi connectivity index (χ1v) is 25.7. The largest absolute Gasteiger partial charge is 0.313 e. The van der Waals surface area contributed by atoms with Gasteiger partial charge < -0.3 is 4.90 Å². The van der Waals surface area contributed by atoms with Gasteiger partial charge in [-0.15, -0.1) is 0 Å². The molecule has 0 aromatic heterocycles. The van der Waals surface area contributed by atoms with Gasteiger partial charge in [-0.25, -0.2) is 0 Å². The number of anilines is 2. The van der Waals surface area contributed by atoms with Crippen LogP contribution in [0.2, 0.25) is 0 Å². The third-order valence-corrected chi connectivity index (χ3v) is 17.5. The van der Waals surface area contributed by atoms with Crippen LogP contribution < -0.4 is 4.90 Å². The summed E-state index contributed by atoms with van der Waals surface area (Å²) < 4.78 is 0. The van der Waals surface area contributed by atoms with Crippen LogP contribution in [0.15, 0.2) is 261 Å². The smallest absolute Gasteiger partial charge is 0.0726 e. The molecular formula is C71H51N. The molecule has 0 amide bonds. The zero-order valence-corrected chi connectivity index (χ0v) is 40.5. The third kappa shape index (κ3) is 5.27. The van der Waals surface area contributed by atoms with E-state index in [4.69, 9.17) is 0 Å². The summed E-state index contributed by atoms with van der Waals surface area (Å²) in [6, 6.07) is 92.3. The van der Waals surface area contributed by atoms with Crippen LogP contribution in [0.25, 0.3) is 50.1 Å². The lowest BCUT2D eigenvalue weighted by Crippen LogP contribution is -2.36. The molecular weight excluding hydrogens is 867 g/mol. The van der Waals surface area contributed by atoms with Crippen molar-refractivity contribution in [1.82, 2.24) is 0 Å². The summed E-state index contributed by atoms with van der Waals surface area (Å²) in [7, 11) is 0. The monoisotopic (exact) mass is 917 g/mol. The van der Waals surface area contributed by atoms with E-state index in [2.05, 4.69) is 274 Å². The summed E-state index contributed by atoms with van der Waals surface area (Å²) >= 11 is 0. The van der Waals surface area contributed by atoms with E-state index < -0.39 is 10.8 Å². The molecule has 0 saturated heterocycles. The van der Waals surface area contributed by atoms with Crippen LogP contribution >= 0.6 is 0 Å². The Bertz CT molecular complexity index is 3840. The average Bonchev–Trinajstić information content (AvgIpc) is 3.98. The zero-order chi connectivity index (χ0) is 47.8. The van der Waals surface area contributed by atoms with Crippen molar-refractivity contribution in [3.63, 3.8) is 0 Å². The molecule has 1 spiro atoms. The molecule has 0 fully saturated rings. The molecule has 0 heterocycles. The normalized spacial score (nSPS) is 17.1. The van der Waals surface area contributed by atoms with E-state index >= 15 is 0 Å². The number of fused-ring (bicyclic) bond motifs is 18. The van der Waals surface area contributed by atoms with Gasteiger partial charge in [-0.3, -0.25) is 0 Å². The van der Waals surface area contributed by atoms with Crippen molar-refractivity contribution < 1.29 is 0 Å². The average molecular weight is 918 g/mol. The van der Waals surface area contributed by atoms with Gasteiger partial charge in [-0.1, -0.05) is 250 Å². The van der Waals surface area contributed by atoms with Crippen LogP contribution in [0.4, 0.5) is 11.4 Å². The van der Waals surface area contributed by atoms with Crippen LogP contribution in [0, 0.1) is 5.92 Å². The first-order valence-electron chi connectivity index (χ1n) is 25.7. The van der Waals surface area contributed by atoms with Crippen molar-refractivity contribution in [3.05, 3.63) is 316 Å². The highest BCUT2D eigenvalue weighted by atomic mass is 15.2. The maximum absolute atomic E-state index is 2.71. The van der Waals surface area contributed by atoms with Gasteiger partial charge in [0, 0.05) is 28.2 Å². The molecule has 340 valence electrons. The number of nitrogens with zero attached hydrogens (tertiary/aromatic N) is 1. The van der Waals surface area contributed by atoms with Crippen molar-refractivity contribution in [2.75, 3.05) is 4.90 Å². The van der Waals surface area contributed by atoms with Gasteiger partial charge >= 0.3 is 0 Å². The molecule has 5 aliphatic rings. The number of allylic oxidation sites excluding steroid dienone is 4. The van der Waals surface area contributed by atoms with Gasteiger partial charge in [-0.2, -0.15) is 0 Å². The summed E-state index contributed by atoms with van der Waals surface area (Å²) in [5, 5.41) is 0. The highest BCUT2D eigenvalue weighted by Gasteiger charge is 2.54. The predicted molar refractivity (Wildman–Crippen MR) is 298 cm³/mol. The molecule has 10 aromatic rings. The quantitative estimate of drug-likeness (QED) is 0.166. The second-order valence-corrected chi connectivity index (χ2v) is 21.0. The fourth-order valence-electron chi connectivity index (χ4n) is 14.7. The van der Waals surface area contributed by atoms with E-state index in [9.17, 15) is 0 Å². The molecule has 1 atom stereocenters. The highest BCUT2D eigenvalue weighted by molar-refractivity contribution is 6.03. The van der Waals surface area contributed by atoms with E-state index in [1.807, 2.05) is 0 Å². The Balaban J connectivity index is 1.04. The number of rotatable bonds is 5. The fraction of sp³-hybridized carbons (Fsp3) is 0.0986. The van der Waals surface area contributed by atoms with E-state index in [1.54, 1.807) is 0 Å². The second-order valence-electron chi connectivity index (χ2n) is 21.0. The minimum Gasteiger partial charge on any atom is -0.313 e. The Morgan fingerprint density at radius 1 is 0.333 bits per heavy atom. The van der Waals surface area contributed by atoms with Crippen LogP contribution in [-0.2, 0) is 16.2 Å². The molecule has 0 saturated carbocycles. The minimum absolute atomic E-state index is 0.109. The van der Waals surface area contributed by atoms with Gasteiger partial charge in [0.25, 0.3) is 0 Å². The lowest BCUT2D eigenvalue weighted by atomic mass is 9.62. The molecule has 72 heavy (non-hydrogen) atoms. The molecule has 1 unspecified atom stereocenters. The van der Waals surface area contributed by atoms with E-state index in [0.29, 0.717) is 0 Å². The van der Waals surface area contributed by atoms with Crippen molar-refractivity contribution >= 4 is 16.9 Å². The van der Waals surface area contributed by atoms with Crippen molar-refractivity contribution in [3.8, 4) is 44.5 Å². The van der Waals surface area contributed by atoms with Crippen LogP contribution in [0.3, 0.4) is 0 Å². The standard InChI is InChI=1S/C71H51N/c1-69(2)57-34-16-14-32-55(57)67-62(69)39-21-41-65(67)72(48-43-44-54-53-31-13-17-35-58(53)70(64(54)45-48,46-23-5-3-6-24-46)47-25-7-4-8-26-47)66-42-22-40-63-68(66)56-33-15-20-38-61(56)71(63)59-36-18-11-29-51(59)49-27-9-10-28-50(49)52-30-12-19-37-60(52)71/h3-44,64H,45H2,1-2H3. The van der Waals surface area contributed by atoms with E-state index in [1.165, 1.54) is 123 Å². The molecule has 1 heteroatoms.